The van der Waals surface area contributed by atoms with Crippen LogP contribution in [0, 0.1) is 0 Å². The number of nitrogens with zero attached hydrogens (tertiary/aromatic N) is 1. The summed E-state index contributed by atoms with van der Waals surface area (Å²) in [5.41, 5.74) is 1.72. The number of sulfone groups is 1. The van der Waals surface area contributed by atoms with Gasteiger partial charge in [-0.15, -0.1) is 0 Å². The minimum absolute atomic E-state index is 0.407. The minimum atomic E-state index is -3.25. The fourth-order valence-electron chi connectivity index (χ4n) is 2.99. The molecule has 0 unspecified atom stereocenters. The Morgan fingerprint density at radius 3 is 2.36 bits per heavy atom. The van der Waals surface area contributed by atoms with Crippen LogP contribution in [-0.2, 0) is 9.84 Å². The molecule has 0 amide bonds. The van der Waals surface area contributed by atoms with E-state index < -0.39 is 9.84 Å². The highest BCUT2D eigenvalue weighted by molar-refractivity contribution is 7.90. The van der Waals surface area contributed by atoms with Crippen LogP contribution in [0.2, 0.25) is 0 Å². The molecule has 1 saturated heterocycles. The summed E-state index contributed by atoms with van der Waals surface area (Å²) in [6.07, 6.45) is 7.54. The van der Waals surface area contributed by atoms with Crippen LogP contribution < -0.4 is 4.90 Å². The van der Waals surface area contributed by atoms with E-state index in [0.717, 1.165) is 42.9 Å². The highest BCUT2D eigenvalue weighted by Crippen LogP contribution is 2.32. The van der Waals surface area contributed by atoms with Crippen molar-refractivity contribution in [2.45, 2.75) is 30.6 Å². The molecule has 2 heterocycles. The minimum Gasteiger partial charge on any atom is -0.464 e. The van der Waals surface area contributed by atoms with Gasteiger partial charge in [-0.2, -0.15) is 0 Å². The Kier molecular flexibility index (Phi) is 4.25. The van der Waals surface area contributed by atoms with Crippen molar-refractivity contribution in [1.82, 2.24) is 0 Å². The third kappa shape index (κ3) is 3.19. The van der Waals surface area contributed by atoms with E-state index in [-0.39, 0.29) is 0 Å². The number of furan rings is 1. The van der Waals surface area contributed by atoms with E-state index in [2.05, 4.69) is 4.90 Å². The SMILES string of the molecule is CS(=O)(=O)c1ccc(-c2ccco2)cc1N1CCCCCC1. The molecule has 0 N–H and O–H groups in total. The second-order valence-electron chi connectivity index (χ2n) is 5.83. The summed E-state index contributed by atoms with van der Waals surface area (Å²) in [6, 6.07) is 9.19. The van der Waals surface area contributed by atoms with Crippen LogP contribution in [0.1, 0.15) is 25.7 Å². The lowest BCUT2D eigenvalue weighted by atomic mass is 10.1. The largest absolute Gasteiger partial charge is 0.464 e. The molecule has 0 saturated carbocycles. The quantitative estimate of drug-likeness (QED) is 0.865. The van der Waals surface area contributed by atoms with Gasteiger partial charge in [-0.05, 0) is 43.2 Å². The summed E-state index contributed by atoms with van der Waals surface area (Å²) in [5, 5.41) is 0. The maximum atomic E-state index is 12.1. The lowest BCUT2D eigenvalue weighted by Crippen LogP contribution is -2.25. The molecule has 0 aliphatic carbocycles. The van der Waals surface area contributed by atoms with Gasteiger partial charge in [0.25, 0.3) is 0 Å². The van der Waals surface area contributed by atoms with Gasteiger partial charge >= 0.3 is 0 Å². The third-order valence-electron chi connectivity index (χ3n) is 4.11. The Bertz CT molecular complexity index is 727. The molecule has 1 aromatic carbocycles. The second-order valence-corrected chi connectivity index (χ2v) is 7.82. The van der Waals surface area contributed by atoms with Gasteiger partial charge < -0.3 is 9.32 Å². The molecule has 1 fully saturated rings. The van der Waals surface area contributed by atoms with Crippen molar-refractivity contribution in [2.75, 3.05) is 24.2 Å². The first-order chi connectivity index (χ1) is 10.6. The van der Waals surface area contributed by atoms with Gasteiger partial charge in [-0.1, -0.05) is 12.8 Å². The number of hydrogen-bond acceptors (Lipinski definition) is 4. The standard InChI is InChI=1S/C17H21NO3S/c1-22(19,20)17-9-8-14(16-7-6-12-21-16)13-15(17)18-10-4-2-3-5-11-18/h6-9,12-13H,2-5,10-11H2,1H3. The number of rotatable bonds is 3. The molecule has 4 nitrogen and oxygen atoms in total. The molecule has 0 radical (unpaired) electrons. The van der Waals surface area contributed by atoms with Gasteiger partial charge in [0.2, 0.25) is 0 Å². The number of benzene rings is 1. The smallest absolute Gasteiger partial charge is 0.177 e. The van der Waals surface area contributed by atoms with Gasteiger partial charge in [0.05, 0.1) is 16.8 Å². The molecular weight excluding hydrogens is 298 g/mol. The van der Waals surface area contributed by atoms with E-state index >= 15 is 0 Å². The van der Waals surface area contributed by atoms with E-state index in [1.807, 2.05) is 24.3 Å². The molecule has 2 aromatic rings. The van der Waals surface area contributed by atoms with Crippen LogP contribution in [0.3, 0.4) is 0 Å². The van der Waals surface area contributed by atoms with Crippen molar-refractivity contribution < 1.29 is 12.8 Å². The zero-order valence-electron chi connectivity index (χ0n) is 12.8. The summed E-state index contributed by atoms with van der Waals surface area (Å²) in [6.45, 7) is 1.81. The maximum Gasteiger partial charge on any atom is 0.177 e. The van der Waals surface area contributed by atoms with Crippen LogP contribution in [-0.4, -0.2) is 27.8 Å². The van der Waals surface area contributed by atoms with E-state index in [0.29, 0.717) is 4.90 Å². The number of hydrogen-bond donors (Lipinski definition) is 0. The Labute approximate surface area is 131 Å². The van der Waals surface area contributed by atoms with Crippen molar-refractivity contribution in [1.29, 1.82) is 0 Å². The van der Waals surface area contributed by atoms with Gasteiger partial charge in [0.1, 0.15) is 5.76 Å². The lowest BCUT2D eigenvalue weighted by molar-refractivity contribution is 0.582. The molecule has 0 spiro atoms. The highest BCUT2D eigenvalue weighted by Gasteiger charge is 2.20. The predicted molar refractivity (Wildman–Crippen MR) is 87.9 cm³/mol. The van der Waals surface area contributed by atoms with Gasteiger partial charge in [-0.25, -0.2) is 8.42 Å². The Morgan fingerprint density at radius 1 is 1.05 bits per heavy atom. The summed E-state index contributed by atoms with van der Waals surface area (Å²) >= 11 is 0. The van der Waals surface area contributed by atoms with Gasteiger partial charge in [-0.3, -0.25) is 0 Å². The highest BCUT2D eigenvalue weighted by atomic mass is 32.2. The van der Waals surface area contributed by atoms with Crippen molar-refractivity contribution in [3.8, 4) is 11.3 Å². The van der Waals surface area contributed by atoms with Crippen LogP contribution in [0.4, 0.5) is 5.69 Å². The summed E-state index contributed by atoms with van der Waals surface area (Å²) in [7, 11) is -3.25. The normalized spacial score (nSPS) is 16.5. The van der Waals surface area contributed by atoms with E-state index in [1.165, 1.54) is 19.1 Å². The lowest BCUT2D eigenvalue weighted by Gasteiger charge is -2.25. The van der Waals surface area contributed by atoms with Gasteiger partial charge in [0, 0.05) is 24.9 Å². The van der Waals surface area contributed by atoms with Crippen LogP contribution >= 0.6 is 0 Å². The first kappa shape index (κ1) is 15.2. The molecule has 118 valence electrons. The summed E-state index contributed by atoms with van der Waals surface area (Å²) < 4.78 is 29.7. The zero-order chi connectivity index (χ0) is 15.6. The van der Waals surface area contributed by atoms with Crippen molar-refractivity contribution in [3.63, 3.8) is 0 Å². The topological polar surface area (TPSA) is 50.5 Å². The van der Waals surface area contributed by atoms with Crippen molar-refractivity contribution in [2.24, 2.45) is 0 Å². The van der Waals surface area contributed by atoms with Crippen molar-refractivity contribution >= 4 is 15.5 Å². The third-order valence-corrected chi connectivity index (χ3v) is 5.26. The first-order valence-electron chi connectivity index (χ1n) is 7.68. The predicted octanol–water partition coefficient (Wildman–Crippen LogP) is 3.73. The van der Waals surface area contributed by atoms with E-state index in [9.17, 15) is 8.42 Å². The molecule has 0 bridgehead atoms. The summed E-state index contributed by atoms with van der Waals surface area (Å²) in [5.74, 6) is 0.760. The average molecular weight is 319 g/mol. The van der Waals surface area contributed by atoms with Crippen LogP contribution in [0.5, 0.6) is 0 Å². The fourth-order valence-corrected chi connectivity index (χ4v) is 3.87. The molecular formula is C17H21NO3S. The Balaban J connectivity index is 2.08. The Morgan fingerprint density at radius 2 is 1.77 bits per heavy atom. The summed E-state index contributed by atoms with van der Waals surface area (Å²) in [4.78, 5) is 2.61. The van der Waals surface area contributed by atoms with Gasteiger partial charge in [0.15, 0.2) is 9.84 Å². The monoisotopic (exact) mass is 319 g/mol. The average Bonchev–Trinajstić information content (AvgIpc) is 2.88. The molecule has 0 atom stereocenters. The molecule has 5 heteroatoms. The zero-order valence-corrected chi connectivity index (χ0v) is 13.6. The van der Waals surface area contributed by atoms with Crippen LogP contribution in [0.15, 0.2) is 45.9 Å². The Hall–Kier alpha value is -1.75. The first-order valence-corrected chi connectivity index (χ1v) is 9.58. The second kappa shape index (κ2) is 6.16. The molecule has 22 heavy (non-hydrogen) atoms. The van der Waals surface area contributed by atoms with Crippen LogP contribution in [0.25, 0.3) is 11.3 Å². The fraction of sp³-hybridized carbons (Fsp3) is 0.412. The molecule has 1 aliphatic rings. The number of anilines is 1. The maximum absolute atomic E-state index is 12.1. The van der Waals surface area contributed by atoms with E-state index in [1.54, 1.807) is 12.3 Å². The van der Waals surface area contributed by atoms with E-state index in [4.69, 9.17) is 4.42 Å². The van der Waals surface area contributed by atoms with Crippen molar-refractivity contribution in [3.05, 3.63) is 36.6 Å². The molecule has 1 aliphatic heterocycles. The molecule has 3 rings (SSSR count). The molecule has 1 aromatic heterocycles.